The first-order valence-corrected chi connectivity index (χ1v) is 7.30. The molecule has 0 bridgehead atoms. The van der Waals surface area contributed by atoms with Gasteiger partial charge in [-0.25, -0.2) is 0 Å². The van der Waals surface area contributed by atoms with E-state index in [-0.39, 0.29) is 18.9 Å². The summed E-state index contributed by atoms with van der Waals surface area (Å²) in [5.74, 6) is -0.144. The van der Waals surface area contributed by atoms with Crippen LogP contribution in [0.5, 0.6) is 0 Å². The predicted octanol–water partition coefficient (Wildman–Crippen LogP) is 2.92. The zero-order valence-electron chi connectivity index (χ0n) is 12.5. The Hall–Kier alpha value is -3.13. The minimum atomic E-state index is -0.144. The molecule has 0 N–H and O–H groups in total. The quantitative estimate of drug-likeness (QED) is 0.680. The molecule has 5 heteroatoms. The Bertz CT molecular complexity index is 849. The zero-order valence-corrected chi connectivity index (χ0v) is 12.5. The lowest BCUT2D eigenvalue weighted by Crippen LogP contribution is -2.32. The smallest absolute Gasteiger partial charge is 0.229 e. The molecule has 23 heavy (non-hydrogen) atoms. The van der Waals surface area contributed by atoms with Gasteiger partial charge in [0.15, 0.2) is 5.58 Å². The lowest BCUT2D eigenvalue weighted by Gasteiger charge is -2.19. The summed E-state index contributed by atoms with van der Waals surface area (Å²) in [6.45, 7) is 0.451. The minimum Gasteiger partial charge on any atom is -0.356 e. The van der Waals surface area contributed by atoms with Crippen molar-refractivity contribution >= 4 is 16.9 Å². The van der Waals surface area contributed by atoms with Crippen LogP contribution in [0.15, 0.2) is 59.1 Å². The zero-order chi connectivity index (χ0) is 16.1. The highest BCUT2D eigenvalue weighted by Gasteiger charge is 2.18. The fourth-order valence-corrected chi connectivity index (χ4v) is 2.44. The topological polar surface area (TPSA) is 70.1 Å². The first-order valence-electron chi connectivity index (χ1n) is 7.30. The number of carbonyl (C=O) groups excluding carboxylic acids is 1. The number of aromatic nitrogens is 1. The summed E-state index contributed by atoms with van der Waals surface area (Å²) in [7, 11) is 0. The SMILES string of the molecule is N#CCN(Cc1ccccc1)C(=O)Cc1noc2ccccc12. The summed E-state index contributed by atoms with van der Waals surface area (Å²) in [6.07, 6.45) is 0.117. The third-order valence-electron chi connectivity index (χ3n) is 3.60. The molecule has 114 valence electrons. The van der Waals surface area contributed by atoms with Gasteiger partial charge < -0.3 is 9.42 Å². The van der Waals surface area contributed by atoms with Crippen LogP contribution in [0.2, 0.25) is 0 Å². The van der Waals surface area contributed by atoms with E-state index in [2.05, 4.69) is 5.16 Å². The van der Waals surface area contributed by atoms with E-state index in [4.69, 9.17) is 9.78 Å². The van der Waals surface area contributed by atoms with E-state index < -0.39 is 0 Å². The number of nitrogens with zero attached hydrogens (tertiary/aromatic N) is 3. The molecule has 2 aromatic carbocycles. The summed E-state index contributed by atoms with van der Waals surface area (Å²) in [6, 6.07) is 19.1. The third-order valence-corrected chi connectivity index (χ3v) is 3.60. The van der Waals surface area contributed by atoms with Crippen molar-refractivity contribution in [2.45, 2.75) is 13.0 Å². The Labute approximate surface area is 133 Å². The molecule has 0 fully saturated rings. The van der Waals surface area contributed by atoms with E-state index in [0.29, 0.717) is 17.8 Å². The van der Waals surface area contributed by atoms with Crippen LogP contribution in [0.25, 0.3) is 11.0 Å². The molecule has 1 amide bonds. The Morgan fingerprint density at radius 2 is 1.87 bits per heavy atom. The van der Waals surface area contributed by atoms with Crippen LogP contribution >= 0.6 is 0 Å². The average molecular weight is 305 g/mol. The second-order valence-electron chi connectivity index (χ2n) is 5.20. The molecule has 1 aromatic heterocycles. The molecule has 3 rings (SSSR count). The van der Waals surface area contributed by atoms with Crippen molar-refractivity contribution in [3.05, 3.63) is 65.9 Å². The lowest BCUT2D eigenvalue weighted by molar-refractivity contribution is -0.130. The van der Waals surface area contributed by atoms with Gasteiger partial charge in [-0.15, -0.1) is 0 Å². The Balaban J connectivity index is 1.77. The number of hydrogen-bond donors (Lipinski definition) is 0. The van der Waals surface area contributed by atoms with Crippen molar-refractivity contribution in [2.24, 2.45) is 0 Å². The van der Waals surface area contributed by atoms with Gasteiger partial charge in [-0.2, -0.15) is 5.26 Å². The molecule has 1 heterocycles. The normalized spacial score (nSPS) is 10.4. The molecule has 0 atom stereocenters. The standard InChI is InChI=1S/C18H15N3O2/c19-10-11-21(13-14-6-2-1-3-7-14)18(22)12-16-15-8-4-5-9-17(15)23-20-16/h1-9H,11-13H2. The number of carbonyl (C=O) groups is 1. The summed E-state index contributed by atoms with van der Waals surface area (Å²) in [4.78, 5) is 14.1. The summed E-state index contributed by atoms with van der Waals surface area (Å²) >= 11 is 0. The van der Waals surface area contributed by atoms with Crippen LogP contribution in [0.1, 0.15) is 11.3 Å². The Morgan fingerprint density at radius 1 is 1.13 bits per heavy atom. The van der Waals surface area contributed by atoms with E-state index in [0.717, 1.165) is 10.9 Å². The highest BCUT2D eigenvalue weighted by atomic mass is 16.5. The molecule has 0 spiro atoms. The van der Waals surface area contributed by atoms with E-state index in [1.165, 1.54) is 4.90 Å². The van der Waals surface area contributed by atoms with Gasteiger partial charge in [-0.05, 0) is 17.7 Å². The second-order valence-corrected chi connectivity index (χ2v) is 5.20. The van der Waals surface area contributed by atoms with Crippen LogP contribution in [0, 0.1) is 11.3 Å². The van der Waals surface area contributed by atoms with E-state index in [1.54, 1.807) is 0 Å². The fourth-order valence-electron chi connectivity index (χ4n) is 2.44. The Kier molecular flexibility index (Phi) is 4.34. The van der Waals surface area contributed by atoms with Gasteiger partial charge in [0.1, 0.15) is 12.2 Å². The van der Waals surface area contributed by atoms with Crippen molar-refractivity contribution in [1.82, 2.24) is 10.1 Å². The predicted molar refractivity (Wildman–Crippen MR) is 85.2 cm³/mol. The first-order chi connectivity index (χ1) is 11.3. The molecular formula is C18H15N3O2. The van der Waals surface area contributed by atoms with Gasteiger partial charge >= 0.3 is 0 Å². The largest absolute Gasteiger partial charge is 0.356 e. The van der Waals surface area contributed by atoms with Crippen molar-refractivity contribution in [3.63, 3.8) is 0 Å². The van der Waals surface area contributed by atoms with Crippen LogP contribution in [0.4, 0.5) is 0 Å². The summed E-state index contributed by atoms with van der Waals surface area (Å²) in [5, 5.41) is 13.8. The maximum absolute atomic E-state index is 12.5. The Morgan fingerprint density at radius 3 is 2.65 bits per heavy atom. The van der Waals surface area contributed by atoms with Crippen molar-refractivity contribution in [3.8, 4) is 6.07 Å². The molecule has 5 nitrogen and oxygen atoms in total. The highest BCUT2D eigenvalue weighted by molar-refractivity contribution is 5.86. The second kappa shape index (κ2) is 6.75. The van der Waals surface area contributed by atoms with Crippen LogP contribution < -0.4 is 0 Å². The van der Waals surface area contributed by atoms with Crippen LogP contribution in [-0.4, -0.2) is 22.5 Å². The molecule has 0 aliphatic rings. The molecule has 0 aliphatic heterocycles. The first kappa shape index (κ1) is 14.8. The summed E-state index contributed by atoms with van der Waals surface area (Å²) in [5.41, 5.74) is 2.24. The van der Waals surface area contributed by atoms with Gasteiger partial charge in [0.05, 0.1) is 12.5 Å². The molecular weight excluding hydrogens is 290 g/mol. The van der Waals surface area contributed by atoms with E-state index in [1.807, 2.05) is 60.7 Å². The van der Waals surface area contributed by atoms with Crippen LogP contribution in [-0.2, 0) is 17.8 Å². The lowest BCUT2D eigenvalue weighted by atomic mass is 10.1. The monoisotopic (exact) mass is 305 g/mol. The minimum absolute atomic E-state index is 0.0452. The van der Waals surface area contributed by atoms with Crippen molar-refractivity contribution in [2.75, 3.05) is 6.54 Å². The number of hydrogen-bond acceptors (Lipinski definition) is 4. The average Bonchev–Trinajstić information content (AvgIpc) is 2.99. The van der Waals surface area contributed by atoms with Gasteiger partial charge in [0.25, 0.3) is 0 Å². The number of fused-ring (bicyclic) bond motifs is 1. The molecule has 0 aliphatic carbocycles. The molecule has 0 unspecified atom stereocenters. The number of para-hydroxylation sites is 1. The van der Waals surface area contributed by atoms with Gasteiger partial charge in [-0.3, -0.25) is 4.79 Å². The van der Waals surface area contributed by atoms with Crippen LogP contribution in [0.3, 0.4) is 0 Å². The van der Waals surface area contributed by atoms with Crippen molar-refractivity contribution in [1.29, 1.82) is 5.26 Å². The number of amides is 1. The molecule has 0 radical (unpaired) electrons. The third kappa shape index (κ3) is 3.38. The van der Waals surface area contributed by atoms with Gasteiger partial charge in [-0.1, -0.05) is 47.6 Å². The number of rotatable bonds is 5. The van der Waals surface area contributed by atoms with Gasteiger partial charge in [0.2, 0.25) is 5.91 Å². The molecule has 3 aromatic rings. The van der Waals surface area contributed by atoms with E-state index in [9.17, 15) is 4.79 Å². The summed E-state index contributed by atoms with van der Waals surface area (Å²) < 4.78 is 5.22. The maximum Gasteiger partial charge on any atom is 0.229 e. The molecule has 0 saturated carbocycles. The molecule has 0 saturated heterocycles. The number of nitriles is 1. The fraction of sp³-hybridized carbons (Fsp3) is 0.167. The van der Waals surface area contributed by atoms with E-state index >= 15 is 0 Å². The van der Waals surface area contributed by atoms with Crippen molar-refractivity contribution < 1.29 is 9.32 Å². The van der Waals surface area contributed by atoms with Gasteiger partial charge in [0, 0.05) is 11.9 Å². The maximum atomic E-state index is 12.5. The number of benzene rings is 2. The highest BCUT2D eigenvalue weighted by Crippen LogP contribution is 2.19.